The molecule has 0 aromatic heterocycles. The Hall–Kier alpha value is -1.33. The van der Waals surface area contributed by atoms with Gasteiger partial charge in [0, 0.05) is 21.7 Å². The van der Waals surface area contributed by atoms with Gasteiger partial charge in [0.25, 0.3) is 0 Å². The summed E-state index contributed by atoms with van der Waals surface area (Å²) in [5, 5.41) is 0. The molecular formula is C27H36Si2. The minimum absolute atomic E-state index is 0.237. The first-order chi connectivity index (χ1) is 13.4. The second kappa shape index (κ2) is 6.58. The predicted molar refractivity (Wildman–Crippen MR) is 129 cm³/mol. The molecule has 0 spiro atoms. The van der Waals surface area contributed by atoms with E-state index in [4.69, 9.17) is 0 Å². The summed E-state index contributed by atoms with van der Waals surface area (Å²) in [6, 6.07) is 0. The van der Waals surface area contributed by atoms with Crippen molar-refractivity contribution < 1.29 is 0 Å². The molecule has 29 heavy (non-hydrogen) atoms. The minimum atomic E-state index is -1.28. The molecule has 0 heterocycles. The van der Waals surface area contributed by atoms with Crippen LogP contribution in [-0.4, -0.2) is 16.1 Å². The van der Waals surface area contributed by atoms with Crippen molar-refractivity contribution >= 4 is 16.1 Å². The summed E-state index contributed by atoms with van der Waals surface area (Å²) in [5.74, 6) is 21.0. The fourth-order valence-corrected chi connectivity index (χ4v) is 6.86. The minimum Gasteiger partial charge on any atom is -0.131 e. The average molecular weight is 417 g/mol. The Morgan fingerprint density at radius 3 is 1.17 bits per heavy atom. The van der Waals surface area contributed by atoms with Crippen molar-refractivity contribution in [1.82, 2.24) is 0 Å². The van der Waals surface area contributed by atoms with E-state index in [1.54, 1.807) is 0 Å². The molecule has 0 atom stereocenters. The monoisotopic (exact) mass is 416 g/mol. The average Bonchev–Trinajstić information content (AvgIpc) is 2.57. The summed E-state index contributed by atoms with van der Waals surface area (Å²) < 4.78 is 0. The van der Waals surface area contributed by atoms with Crippen LogP contribution in [-0.2, 0) is 0 Å². The Balaban J connectivity index is 1.33. The third-order valence-electron chi connectivity index (χ3n) is 7.40. The summed E-state index contributed by atoms with van der Waals surface area (Å²) >= 11 is 0. The molecule has 152 valence electrons. The van der Waals surface area contributed by atoms with Crippen LogP contribution in [0.15, 0.2) is 0 Å². The van der Waals surface area contributed by atoms with Gasteiger partial charge in [-0.15, -0.1) is 22.9 Å². The largest absolute Gasteiger partial charge is 0.131 e. The maximum absolute atomic E-state index is 3.74. The van der Waals surface area contributed by atoms with Crippen LogP contribution >= 0.6 is 0 Å². The number of hydrogen-bond donors (Lipinski definition) is 0. The van der Waals surface area contributed by atoms with E-state index in [-0.39, 0.29) is 10.8 Å². The number of hydrogen-bond acceptors (Lipinski definition) is 0. The quantitative estimate of drug-likeness (QED) is 0.323. The molecule has 0 saturated heterocycles. The van der Waals surface area contributed by atoms with Gasteiger partial charge in [0.15, 0.2) is 0 Å². The lowest BCUT2D eigenvalue weighted by Crippen LogP contribution is -2.60. The zero-order valence-electron chi connectivity index (χ0n) is 19.4. The first kappa shape index (κ1) is 20.9. The zero-order chi connectivity index (χ0) is 21.0. The number of rotatable bonds is 0. The van der Waals surface area contributed by atoms with Crippen molar-refractivity contribution in [2.75, 3.05) is 0 Å². The van der Waals surface area contributed by atoms with E-state index in [2.05, 4.69) is 85.9 Å². The molecule has 0 aromatic carbocycles. The van der Waals surface area contributed by atoms with Gasteiger partial charge < -0.3 is 0 Å². The summed E-state index contributed by atoms with van der Waals surface area (Å²) in [4.78, 5) is 0. The maximum atomic E-state index is 3.74. The van der Waals surface area contributed by atoms with Crippen LogP contribution in [0.3, 0.4) is 0 Å². The van der Waals surface area contributed by atoms with Crippen molar-refractivity contribution in [2.24, 2.45) is 21.7 Å². The highest BCUT2D eigenvalue weighted by atomic mass is 28.3. The van der Waals surface area contributed by atoms with E-state index < -0.39 is 16.1 Å². The lowest BCUT2D eigenvalue weighted by atomic mass is 9.36. The predicted octanol–water partition coefficient (Wildman–Crippen LogP) is 6.27. The van der Waals surface area contributed by atoms with Gasteiger partial charge in [-0.25, -0.2) is 0 Å². The topological polar surface area (TPSA) is 0 Å². The van der Waals surface area contributed by atoms with Crippen molar-refractivity contribution in [3.05, 3.63) is 0 Å². The highest BCUT2D eigenvalue weighted by molar-refractivity contribution is 6.84. The molecule has 6 fully saturated rings. The molecule has 6 saturated carbocycles. The Kier molecular flexibility index (Phi) is 4.75. The zero-order valence-corrected chi connectivity index (χ0v) is 21.4. The van der Waals surface area contributed by atoms with E-state index in [1.165, 1.54) is 57.8 Å². The third-order valence-corrected chi connectivity index (χ3v) is 9.15. The van der Waals surface area contributed by atoms with Crippen molar-refractivity contribution in [1.29, 1.82) is 0 Å². The maximum Gasteiger partial charge on any atom is 0.129 e. The normalized spacial score (nSPS) is 39.0. The van der Waals surface area contributed by atoms with Crippen LogP contribution in [0.1, 0.15) is 57.8 Å². The summed E-state index contributed by atoms with van der Waals surface area (Å²) in [6.45, 7) is 14.0. The van der Waals surface area contributed by atoms with Gasteiger partial charge in [-0.2, -0.15) is 0 Å². The van der Waals surface area contributed by atoms with E-state index >= 15 is 0 Å². The molecule has 0 aromatic rings. The SMILES string of the molecule is C[Si](C)(C)C#CC12CCC(C#CC#CC34CC(C#C[Si](C)(C)C)(C3)C4)(CC1)CC2. The van der Waals surface area contributed by atoms with Crippen LogP contribution in [0.4, 0.5) is 0 Å². The van der Waals surface area contributed by atoms with Gasteiger partial charge in [0.2, 0.25) is 0 Å². The Bertz CT molecular complexity index is 909. The molecule has 0 unspecified atom stereocenters. The van der Waals surface area contributed by atoms with Crippen molar-refractivity contribution in [3.8, 4) is 46.6 Å². The molecule has 4 bridgehead atoms. The first-order valence-electron chi connectivity index (χ1n) is 11.5. The van der Waals surface area contributed by atoms with Gasteiger partial charge in [-0.3, -0.25) is 0 Å². The molecule has 0 aliphatic heterocycles. The second-order valence-electron chi connectivity index (χ2n) is 12.7. The van der Waals surface area contributed by atoms with Gasteiger partial charge in [-0.05, 0) is 69.6 Å². The lowest BCUT2D eigenvalue weighted by Gasteiger charge is -2.65. The van der Waals surface area contributed by atoms with Crippen LogP contribution in [0.2, 0.25) is 39.3 Å². The Morgan fingerprint density at radius 1 is 0.448 bits per heavy atom. The highest BCUT2D eigenvalue weighted by Crippen LogP contribution is 2.72. The fourth-order valence-electron chi connectivity index (χ4n) is 5.58. The van der Waals surface area contributed by atoms with Crippen molar-refractivity contribution in [2.45, 2.75) is 97.1 Å². The summed E-state index contributed by atoms with van der Waals surface area (Å²) in [6.07, 6.45) is 11.0. The van der Waals surface area contributed by atoms with Crippen LogP contribution in [0, 0.1) is 68.3 Å². The Labute approximate surface area is 181 Å². The van der Waals surface area contributed by atoms with E-state index in [9.17, 15) is 0 Å². The van der Waals surface area contributed by atoms with Gasteiger partial charge in [0.1, 0.15) is 16.1 Å². The lowest BCUT2D eigenvalue weighted by molar-refractivity contribution is -0.113. The third kappa shape index (κ3) is 4.41. The van der Waals surface area contributed by atoms with Gasteiger partial charge >= 0.3 is 0 Å². The number of fused-ring (bicyclic) bond motifs is 3. The molecular weight excluding hydrogens is 380 g/mol. The van der Waals surface area contributed by atoms with Crippen molar-refractivity contribution in [3.63, 3.8) is 0 Å². The smallest absolute Gasteiger partial charge is 0.129 e. The van der Waals surface area contributed by atoms with E-state index in [0.717, 1.165) is 0 Å². The molecule has 6 aliphatic carbocycles. The fraction of sp³-hybridized carbons (Fsp3) is 0.704. The standard InChI is InChI=1S/C27H36Si2/c1-28(2,3)19-17-25-14-11-24(12-15-25,13-16-25)9-7-8-10-26-21-27(22-26,23-26)18-20-29(4,5)6/h11-16,21-23H2,1-6H3. The molecule has 0 nitrogen and oxygen atoms in total. The molecule has 0 amide bonds. The Morgan fingerprint density at radius 2 is 0.759 bits per heavy atom. The van der Waals surface area contributed by atoms with E-state index in [0.29, 0.717) is 10.8 Å². The van der Waals surface area contributed by atoms with Gasteiger partial charge in [-0.1, -0.05) is 51.1 Å². The van der Waals surface area contributed by atoms with Crippen LogP contribution < -0.4 is 0 Å². The molecule has 2 heteroatoms. The van der Waals surface area contributed by atoms with E-state index in [1.807, 2.05) is 0 Å². The highest BCUT2D eigenvalue weighted by Gasteiger charge is 2.66. The summed E-state index contributed by atoms with van der Waals surface area (Å²) in [7, 11) is -2.53. The second-order valence-corrected chi connectivity index (χ2v) is 22.2. The van der Waals surface area contributed by atoms with Crippen LogP contribution in [0.5, 0.6) is 0 Å². The first-order valence-corrected chi connectivity index (χ1v) is 18.5. The molecule has 6 aliphatic rings. The molecule has 0 radical (unpaired) electrons. The molecule has 6 rings (SSSR count). The van der Waals surface area contributed by atoms with Gasteiger partial charge in [0.05, 0.1) is 0 Å². The summed E-state index contributed by atoms with van der Waals surface area (Å²) in [5.41, 5.74) is 8.36. The van der Waals surface area contributed by atoms with Crippen LogP contribution in [0.25, 0.3) is 0 Å². The molecule has 0 N–H and O–H groups in total.